The summed E-state index contributed by atoms with van der Waals surface area (Å²) in [5.41, 5.74) is 3.52. The molecular weight excluding hydrogens is 374 g/mol. The molecule has 1 N–H and O–H groups in total. The van der Waals surface area contributed by atoms with Gasteiger partial charge in [0, 0.05) is 39.4 Å². The highest BCUT2D eigenvalue weighted by Gasteiger charge is 2.29. The van der Waals surface area contributed by atoms with E-state index in [4.69, 9.17) is 0 Å². The van der Waals surface area contributed by atoms with E-state index in [1.54, 1.807) is 36.4 Å². The number of carbonyl (C=O) groups excluding carboxylic acids is 3. The molecule has 0 spiro atoms. The Morgan fingerprint density at radius 1 is 0.700 bits per heavy atom. The van der Waals surface area contributed by atoms with Gasteiger partial charge in [-0.25, -0.2) is 0 Å². The van der Waals surface area contributed by atoms with Crippen LogP contribution in [0.5, 0.6) is 0 Å². The summed E-state index contributed by atoms with van der Waals surface area (Å²) in [6.07, 6.45) is 8.25. The third-order valence-corrected chi connectivity index (χ3v) is 5.49. The molecule has 1 amide bonds. The monoisotopic (exact) mass is 391 g/mol. The van der Waals surface area contributed by atoms with Crippen molar-refractivity contribution in [1.82, 2.24) is 0 Å². The van der Waals surface area contributed by atoms with Crippen LogP contribution in [-0.4, -0.2) is 17.5 Å². The second-order valence-electron chi connectivity index (χ2n) is 7.34. The van der Waals surface area contributed by atoms with Gasteiger partial charge in [0.1, 0.15) is 0 Å². The van der Waals surface area contributed by atoms with Gasteiger partial charge in [-0.05, 0) is 35.9 Å². The normalized spacial score (nSPS) is 14.5. The summed E-state index contributed by atoms with van der Waals surface area (Å²) in [7, 11) is 0. The van der Waals surface area contributed by atoms with Crippen LogP contribution < -0.4 is 5.32 Å². The van der Waals surface area contributed by atoms with E-state index in [-0.39, 0.29) is 29.0 Å². The molecule has 0 unspecified atom stereocenters. The largest absolute Gasteiger partial charge is 0.322 e. The third-order valence-electron chi connectivity index (χ3n) is 5.49. The average Bonchev–Trinajstić information content (AvgIpc) is 3.32. The Hall–Kier alpha value is -4.05. The van der Waals surface area contributed by atoms with Crippen molar-refractivity contribution < 1.29 is 14.4 Å². The number of anilines is 1. The molecule has 2 aliphatic carbocycles. The Kier molecular flexibility index (Phi) is 4.25. The lowest BCUT2D eigenvalue weighted by molar-refractivity contribution is 0.0978. The molecule has 4 heteroatoms. The Balaban J connectivity index is 1.39. The zero-order chi connectivity index (χ0) is 20.7. The Labute approximate surface area is 173 Å². The van der Waals surface area contributed by atoms with Gasteiger partial charge >= 0.3 is 0 Å². The summed E-state index contributed by atoms with van der Waals surface area (Å²) in [6, 6.07) is 19.1. The number of carbonyl (C=O) groups is 3. The molecule has 144 valence electrons. The van der Waals surface area contributed by atoms with Crippen LogP contribution in [0.4, 0.5) is 5.69 Å². The molecule has 0 heterocycles. The average molecular weight is 391 g/mol. The number of hydrogen-bond acceptors (Lipinski definition) is 3. The van der Waals surface area contributed by atoms with E-state index < -0.39 is 0 Å². The number of benzene rings is 3. The lowest BCUT2D eigenvalue weighted by Crippen LogP contribution is -2.22. The lowest BCUT2D eigenvalue weighted by Gasteiger charge is -2.18. The highest BCUT2D eigenvalue weighted by atomic mass is 16.2. The highest BCUT2D eigenvalue weighted by Crippen LogP contribution is 2.28. The number of rotatable bonds is 3. The van der Waals surface area contributed by atoms with E-state index in [0.29, 0.717) is 27.9 Å². The number of fused-ring (bicyclic) bond motifs is 2. The Morgan fingerprint density at radius 2 is 1.30 bits per heavy atom. The standard InChI is InChI=1S/C26H17NO3/c28-24-20-7-3-4-8-21(20)25(29)23-15-18(11-14-22(23)24)26(30)27-19-12-9-17(10-13-19)16-5-1-2-6-16/h1-16H,(H,27,30). The van der Waals surface area contributed by atoms with Crippen molar-refractivity contribution in [1.29, 1.82) is 0 Å². The van der Waals surface area contributed by atoms with Gasteiger partial charge in [0.25, 0.3) is 5.91 Å². The second kappa shape index (κ2) is 7.08. The van der Waals surface area contributed by atoms with E-state index in [9.17, 15) is 14.4 Å². The SMILES string of the molecule is O=C(Nc1ccc(C2C=CC=C2)cc1)c1ccc2c(c1)C(=O)c1ccccc1C2=O. The number of ketones is 2. The summed E-state index contributed by atoms with van der Waals surface area (Å²) >= 11 is 0. The maximum atomic E-state index is 12.9. The minimum absolute atomic E-state index is 0.197. The fraction of sp³-hybridized carbons (Fsp3) is 0.0385. The van der Waals surface area contributed by atoms with E-state index >= 15 is 0 Å². The van der Waals surface area contributed by atoms with Crippen LogP contribution in [0.2, 0.25) is 0 Å². The van der Waals surface area contributed by atoms with Crippen LogP contribution in [0.1, 0.15) is 53.7 Å². The van der Waals surface area contributed by atoms with Gasteiger partial charge in [-0.2, -0.15) is 0 Å². The summed E-state index contributed by atoms with van der Waals surface area (Å²) < 4.78 is 0. The summed E-state index contributed by atoms with van der Waals surface area (Å²) in [5.74, 6) is -0.498. The first-order valence-electron chi connectivity index (χ1n) is 9.70. The van der Waals surface area contributed by atoms with Gasteiger partial charge in [0.2, 0.25) is 0 Å². The number of allylic oxidation sites excluding steroid dienone is 4. The Bertz CT molecular complexity index is 1250. The first kappa shape index (κ1) is 18.0. The van der Waals surface area contributed by atoms with Gasteiger partial charge in [-0.1, -0.05) is 60.7 Å². The van der Waals surface area contributed by atoms with Gasteiger partial charge in [0.05, 0.1) is 0 Å². The van der Waals surface area contributed by atoms with Gasteiger partial charge in [0.15, 0.2) is 11.6 Å². The minimum atomic E-state index is -0.328. The van der Waals surface area contributed by atoms with E-state index in [2.05, 4.69) is 17.5 Å². The number of amides is 1. The minimum Gasteiger partial charge on any atom is -0.322 e. The maximum Gasteiger partial charge on any atom is 0.255 e. The van der Waals surface area contributed by atoms with Crippen LogP contribution in [-0.2, 0) is 0 Å². The highest BCUT2D eigenvalue weighted by molar-refractivity contribution is 6.28. The molecule has 0 aliphatic heterocycles. The second-order valence-corrected chi connectivity index (χ2v) is 7.34. The van der Waals surface area contributed by atoms with E-state index in [1.807, 2.05) is 36.4 Å². The molecule has 0 bridgehead atoms. The van der Waals surface area contributed by atoms with E-state index in [1.165, 1.54) is 6.07 Å². The van der Waals surface area contributed by atoms with Crippen molar-refractivity contribution in [3.05, 3.63) is 124 Å². The smallest absolute Gasteiger partial charge is 0.255 e. The molecular formula is C26H17NO3. The molecule has 0 aromatic heterocycles. The zero-order valence-electron chi connectivity index (χ0n) is 16.0. The van der Waals surface area contributed by atoms with Crippen molar-refractivity contribution >= 4 is 23.2 Å². The number of hydrogen-bond donors (Lipinski definition) is 1. The third kappa shape index (κ3) is 2.99. The van der Waals surface area contributed by atoms with Crippen molar-refractivity contribution in [2.45, 2.75) is 5.92 Å². The Morgan fingerprint density at radius 3 is 1.97 bits per heavy atom. The van der Waals surface area contributed by atoms with Gasteiger partial charge in [-0.3, -0.25) is 14.4 Å². The molecule has 0 fully saturated rings. The van der Waals surface area contributed by atoms with Crippen molar-refractivity contribution in [2.24, 2.45) is 0 Å². The van der Waals surface area contributed by atoms with Crippen molar-refractivity contribution in [3.63, 3.8) is 0 Å². The molecule has 0 atom stereocenters. The predicted octanol–water partition coefficient (Wildman–Crippen LogP) is 4.92. The molecule has 0 saturated heterocycles. The van der Waals surface area contributed by atoms with Crippen LogP contribution in [0.3, 0.4) is 0 Å². The molecule has 5 rings (SSSR count). The predicted molar refractivity (Wildman–Crippen MR) is 115 cm³/mol. The quantitative estimate of drug-likeness (QED) is 0.539. The molecule has 3 aromatic carbocycles. The molecule has 4 nitrogen and oxygen atoms in total. The molecule has 2 aliphatic rings. The lowest BCUT2D eigenvalue weighted by atomic mass is 9.83. The van der Waals surface area contributed by atoms with E-state index in [0.717, 1.165) is 5.56 Å². The molecule has 0 saturated carbocycles. The van der Waals surface area contributed by atoms with Crippen LogP contribution in [0.25, 0.3) is 0 Å². The summed E-state index contributed by atoms with van der Waals surface area (Å²) in [6.45, 7) is 0. The fourth-order valence-corrected chi connectivity index (χ4v) is 3.89. The number of nitrogens with one attached hydrogen (secondary N) is 1. The first-order valence-corrected chi connectivity index (χ1v) is 9.70. The molecule has 3 aromatic rings. The van der Waals surface area contributed by atoms with Crippen LogP contribution in [0, 0.1) is 0 Å². The molecule has 0 radical (unpaired) electrons. The van der Waals surface area contributed by atoms with Crippen LogP contribution >= 0.6 is 0 Å². The summed E-state index contributed by atoms with van der Waals surface area (Å²) in [4.78, 5) is 38.3. The van der Waals surface area contributed by atoms with Crippen LogP contribution in [0.15, 0.2) is 91.0 Å². The first-order chi connectivity index (χ1) is 14.6. The zero-order valence-corrected chi connectivity index (χ0v) is 16.0. The topological polar surface area (TPSA) is 63.2 Å². The van der Waals surface area contributed by atoms with Gasteiger partial charge in [-0.15, -0.1) is 0 Å². The maximum absolute atomic E-state index is 12.9. The van der Waals surface area contributed by atoms with Crippen molar-refractivity contribution in [3.8, 4) is 0 Å². The van der Waals surface area contributed by atoms with Gasteiger partial charge < -0.3 is 5.32 Å². The summed E-state index contributed by atoms with van der Waals surface area (Å²) in [5, 5.41) is 2.86. The fourth-order valence-electron chi connectivity index (χ4n) is 3.89. The van der Waals surface area contributed by atoms with Crippen molar-refractivity contribution in [2.75, 3.05) is 5.32 Å². The molecule has 30 heavy (non-hydrogen) atoms.